The van der Waals surface area contributed by atoms with Crippen LogP contribution in [0.25, 0.3) is 5.76 Å². The predicted octanol–water partition coefficient (Wildman–Crippen LogP) is 5.64. The van der Waals surface area contributed by atoms with Crippen LogP contribution in [0.3, 0.4) is 0 Å². The number of carbonyl (C=O) groups excluding carboxylic acids is 2. The number of ether oxygens (including phenoxy) is 1. The lowest BCUT2D eigenvalue weighted by Crippen LogP contribution is -2.30. The number of methoxy groups -OCH3 is 1. The maximum absolute atomic E-state index is 13.3. The van der Waals surface area contributed by atoms with Crippen molar-refractivity contribution in [1.29, 1.82) is 0 Å². The van der Waals surface area contributed by atoms with Crippen molar-refractivity contribution in [3.8, 4) is 5.75 Å². The molecule has 168 valence electrons. The third-order valence-corrected chi connectivity index (χ3v) is 6.04. The Balaban J connectivity index is 2.03. The lowest BCUT2D eigenvalue weighted by atomic mass is 9.95. The van der Waals surface area contributed by atoms with Gasteiger partial charge in [-0.05, 0) is 60.9 Å². The number of nitrogens with zero attached hydrogens (tertiary/aromatic N) is 2. The fraction of sp³-hybridized carbons (Fsp3) is 0.160. The van der Waals surface area contributed by atoms with E-state index < -0.39 is 17.7 Å². The molecule has 3 aromatic rings. The van der Waals surface area contributed by atoms with Gasteiger partial charge in [0.05, 0.1) is 29.3 Å². The van der Waals surface area contributed by atoms with E-state index in [1.54, 1.807) is 61.8 Å². The van der Waals surface area contributed by atoms with Crippen LogP contribution in [0.5, 0.6) is 5.75 Å². The van der Waals surface area contributed by atoms with Crippen LogP contribution in [-0.4, -0.2) is 28.9 Å². The molecule has 1 fully saturated rings. The van der Waals surface area contributed by atoms with Gasteiger partial charge in [-0.15, -0.1) is 0 Å². The van der Waals surface area contributed by atoms with Gasteiger partial charge in [0.15, 0.2) is 0 Å². The highest BCUT2D eigenvalue weighted by Gasteiger charge is 2.47. The van der Waals surface area contributed by atoms with Crippen molar-refractivity contribution in [3.63, 3.8) is 0 Å². The third-order valence-electron chi connectivity index (χ3n) is 5.52. The number of rotatable bonds is 4. The first-order valence-corrected chi connectivity index (χ1v) is 10.8. The van der Waals surface area contributed by atoms with Crippen LogP contribution in [0.1, 0.15) is 28.3 Å². The van der Waals surface area contributed by atoms with Crippen molar-refractivity contribution < 1.29 is 19.4 Å². The monoisotopic (exact) mass is 482 g/mol. The molecule has 0 spiro atoms. The molecule has 2 heterocycles. The van der Waals surface area contributed by atoms with Gasteiger partial charge in [0.1, 0.15) is 11.5 Å². The van der Waals surface area contributed by atoms with Gasteiger partial charge in [0.25, 0.3) is 11.7 Å². The van der Waals surface area contributed by atoms with Gasteiger partial charge >= 0.3 is 0 Å². The highest BCUT2D eigenvalue weighted by molar-refractivity contribution is 6.52. The summed E-state index contributed by atoms with van der Waals surface area (Å²) < 4.78 is 5.40. The van der Waals surface area contributed by atoms with Crippen LogP contribution < -0.4 is 9.64 Å². The van der Waals surface area contributed by atoms with Crippen LogP contribution in [0, 0.1) is 13.8 Å². The number of aromatic nitrogens is 1. The fourth-order valence-corrected chi connectivity index (χ4v) is 4.55. The molecule has 4 rings (SSSR count). The Kier molecular flexibility index (Phi) is 6.15. The number of hydrogen-bond acceptors (Lipinski definition) is 5. The molecule has 0 saturated carbocycles. The molecule has 6 nitrogen and oxygen atoms in total. The molecule has 33 heavy (non-hydrogen) atoms. The number of aliphatic hydroxyl groups excluding tert-OH is 1. The second-order valence-electron chi connectivity index (χ2n) is 7.71. The molecule has 1 saturated heterocycles. The van der Waals surface area contributed by atoms with Crippen LogP contribution in [0.15, 0.2) is 60.4 Å². The van der Waals surface area contributed by atoms with Gasteiger partial charge in [-0.25, -0.2) is 0 Å². The van der Waals surface area contributed by atoms with Gasteiger partial charge in [0, 0.05) is 23.1 Å². The van der Waals surface area contributed by atoms with E-state index in [2.05, 4.69) is 4.98 Å². The molecular weight excluding hydrogens is 463 g/mol. The lowest BCUT2D eigenvalue weighted by molar-refractivity contribution is -0.132. The van der Waals surface area contributed by atoms with Crippen molar-refractivity contribution in [3.05, 3.63) is 92.7 Å². The minimum absolute atomic E-state index is 0.0904. The third kappa shape index (κ3) is 3.96. The molecule has 0 bridgehead atoms. The van der Waals surface area contributed by atoms with Crippen LogP contribution >= 0.6 is 23.2 Å². The Morgan fingerprint density at radius 2 is 1.88 bits per heavy atom. The summed E-state index contributed by atoms with van der Waals surface area (Å²) in [6.07, 6.45) is 3.14. The minimum Gasteiger partial charge on any atom is -0.507 e. The molecule has 1 atom stereocenters. The number of anilines is 1. The van der Waals surface area contributed by atoms with Gasteiger partial charge in [0.2, 0.25) is 0 Å². The van der Waals surface area contributed by atoms with Gasteiger partial charge < -0.3 is 9.84 Å². The number of ketones is 1. The first-order chi connectivity index (χ1) is 15.7. The van der Waals surface area contributed by atoms with Gasteiger partial charge in [-0.3, -0.25) is 19.5 Å². The number of Topliss-reactive ketones (excluding diaryl/α,β-unsaturated/α-hetero) is 1. The second kappa shape index (κ2) is 8.89. The summed E-state index contributed by atoms with van der Waals surface area (Å²) >= 11 is 12.5. The number of hydrogen-bond donors (Lipinski definition) is 1. The number of aryl methyl sites for hydroxylation is 2. The first kappa shape index (κ1) is 22.8. The lowest BCUT2D eigenvalue weighted by Gasteiger charge is -2.26. The number of benzene rings is 2. The summed E-state index contributed by atoms with van der Waals surface area (Å²) in [5.74, 6) is -1.80. The van der Waals surface area contributed by atoms with E-state index >= 15 is 0 Å². The Morgan fingerprint density at radius 3 is 2.55 bits per heavy atom. The minimum atomic E-state index is -0.931. The Bertz CT molecular complexity index is 1310. The summed E-state index contributed by atoms with van der Waals surface area (Å²) in [4.78, 5) is 32.1. The topological polar surface area (TPSA) is 79.7 Å². The molecule has 1 N–H and O–H groups in total. The SMILES string of the molecule is COc1c(Cl)cc(C)cc1/C(O)=C1\C(=O)C(=O)N(c2cc(Cl)ccc2C)C1c1cccnc1. The summed E-state index contributed by atoms with van der Waals surface area (Å²) in [7, 11) is 1.42. The van der Waals surface area contributed by atoms with Crippen molar-refractivity contribution in [2.75, 3.05) is 12.0 Å². The molecule has 1 amide bonds. The van der Waals surface area contributed by atoms with Crippen LogP contribution in [-0.2, 0) is 9.59 Å². The second-order valence-corrected chi connectivity index (χ2v) is 8.56. The Morgan fingerprint density at radius 1 is 1.12 bits per heavy atom. The standard InChI is InChI=1S/C25H20Cl2N2O4/c1-13-9-17(24(33-3)18(27)10-13)22(30)20-21(15-5-4-8-28-12-15)29(25(32)23(20)31)19-11-16(26)7-6-14(19)2/h4-12,21,30H,1-3H3/b22-20+. The van der Waals surface area contributed by atoms with Crippen molar-refractivity contribution in [2.24, 2.45) is 0 Å². The molecule has 2 aromatic carbocycles. The molecule has 0 radical (unpaired) electrons. The number of carbonyl (C=O) groups is 2. The summed E-state index contributed by atoms with van der Waals surface area (Å²) in [6, 6.07) is 10.9. The van der Waals surface area contributed by atoms with Gasteiger partial charge in [-0.1, -0.05) is 35.3 Å². The summed E-state index contributed by atoms with van der Waals surface area (Å²) in [6.45, 7) is 3.61. The van der Waals surface area contributed by atoms with E-state index in [0.29, 0.717) is 16.3 Å². The van der Waals surface area contributed by atoms with Gasteiger partial charge in [-0.2, -0.15) is 0 Å². The molecule has 1 aliphatic rings. The highest BCUT2D eigenvalue weighted by atomic mass is 35.5. The number of halogens is 2. The van der Waals surface area contributed by atoms with Crippen molar-refractivity contribution >= 4 is 46.3 Å². The molecule has 0 aliphatic carbocycles. The number of amides is 1. The van der Waals surface area contributed by atoms with E-state index in [0.717, 1.165) is 11.1 Å². The molecule has 8 heteroatoms. The largest absolute Gasteiger partial charge is 0.507 e. The zero-order valence-corrected chi connectivity index (χ0v) is 19.6. The fourth-order valence-electron chi connectivity index (χ4n) is 4.03. The predicted molar refractivity (Wildman–Crippen MR) is 128 cm³/mol. The summed E-state index contributed by atoms with van der Waals surface area (Å²) in [5.41, 5.74) is 2.64. The number of aliphatic hydroxyl groups is 1. The Hall–Kier alpha value is -3.35. The zero-order valence-electron chi connectivity index (χ0n) is 18.1. The zero-order chi connectivity index (χ0) is 23.9. The Labute approximate surface area is 201 Å². The average Bonchev–Trinajstić information content (AvgIpc) is 3.05. The summed E-state index contributed by atoms with van der Waals surface area (Å²) in [5, 5.41) is 12.1. The maximum atomic E-state index is 13.3. The van der Waals surface area contributed by atoms with Crippen molar-refractivity contribution in [1.82, 2.24) is 4.98 Å². The highest BCUT2D eigenvalue weighted by Crippen LogP contribution is 2.45. The normalized spacial score (nSPS) is 17.5. The van der Waals surface area contributed by atoms with Crippen LogP contribution in [0.4, 0.5) is 5.69 Å². The first-order valence-electron chi connectivity index (χ1n) is 10.1. The average molecular weight is 483 g/mol. The maximum Gasteiger partial charge on any atom is 0.300 e. The van der Waals surface area contributed by atoms with Crippen molar-refractivity contribution in [2.45, 2.75) is 19.9 Å². The molecular formula is C25H20Cl2N2O4. The molecule has 1 aromatic heterocycles. The van der Waals surface area contributed by atoms with E-state index in [4.69, 9.17) is 27.9 Å². The van der Waals surface area contributed by atoms with E-state index in [1.807, 2.05) is 6.92 Å². The smallest absolute Gasteiger partial charge is 0.300 e. The quantitative estimate of drug-likeness (QED) is 0.295. The van der Waals surface area contributed by atoms with Crippen LogP contribution in [0.2, 0.25) is 10.0 Å². The molecule has 1 aliphatic heterocycles. The number of pyridine rings is 1. The van der Waals surface area contributed by atoms with E-state index in [1.165, 1.54) is 12.0 Å². The molecule has 1 unspecified atom stereocenters. The van der Waals surface area contributed by atoms with E-state index in [-0.39, 0.29) is 27.7 Å². The van der Waals surface area contributed by atoms with E-state index in [9.17, 15) is 14.7 Å².